The van der Waals surface area contributed by atoms with Gasteiger partial charge in [-0.3, -0.25) is 0 Å². The Balaban J connectivity index is 1.81. The van der Waals surface area contributed by atoms with Crippen molar-refractivity contribution < 1.29 is 0 Å². The lowest BCUT2D eigenvalue weighted by molar-refractivity contribution is 0.440. The first-order valence-corrected chi connectivity index (χ1v) is 7.58. The number of fused-ring (bicyclic) bond motifs is 3. The van der Waals surface area contributed by atoms with Crippen LogP contribution in [0.3, 0.4) is 0 Å². The Kier molecular flexibility index (Phi) is 2.96. The predicted molar refractivity (Wildman–Crippen MR) is 84.2 cm³/mol. The topological polar surface area (TPSA) is 15.3 Å². The molecule has 1 atom stereocenters. The number of hydrogen-bond donors (Lipinski definition) is 1. The summed E-state index contributed by atoms with van der Waals surface area (Å²) in [5, 5.41) is 3.52. The van der Waals surface area contributed by atoms with E-state index in [-0.39, 0.29) is 0 Å². The second kappa shape index (κ2) is 4.95. The molecule has 1 unspecified atom stereocenters. The SMILES string of the molecule is c1ccc(-c2cccc3c2CCC2CNCCN32)cc1. The van der Waals surface area contributed by atoms with Gasteiger partial charge in [0.15, 0.2) is 0 Å². The van der Waals surface area contributed by atoms with E-state index in [2.05, 4.69) is 58.7 Å². The normalized spacial score (nSPS) is 21.2. The lowest BCUT2D eigenvalue weighted by Gasteiger charge is -2.43. The van der Waals surface area contributed by atoms with E-state index in [1.807, 2.05) is 0 Å². The number of anilines is 1. The molecule has 0 spiro atoms. The molecule has 1 saturated heterocycles. The third-order valence-electron chi connectivity index (χ3n) is 4.62. The highest BCUT2D eigenvalue weighted by atomic mass is 15.2. The molecule has 1 N–H and O–H groups in total. The highest BCUT2D eigenvalue weighted by Crippen LogP contribution is 2.37. The highest BCUT2D eigenvalue weighted by molar-refractivity contribution is 5.75. The molecular weight excluding hydrogens is 244 g/mol. The fourth-order valence-corrected chi connectivity index (χ4v) is 3.64. The zero-order chi connectivity index (χ0) is 13.4. The molecule has 2 aromatic carbocycles. The number of piperazine rings is 1. The largest absolute Gasteiger partial charge is 0.366 e. The molecule has 1 fully saturated rings. The van der Waals surface area contributed by atoms with E-state index in [9.17, 15) is 0 Å². The summed E-state index contributed by atoms with van der Waals surface area (Å²) in [7, 11) is 0. The number of rotatable bonds is 1. The van der Waals surface area contributed by atoms with Crippen molar-refractivity contribution >= 4 is 5.69 Å². The van der Waals surface area contributed by atoms with E-state index in [1.165, 1.54) is 35.2 Å². The predicted octanol–water partition coefficient (Wildman–Crippen LogP) is 3.08. The van der Waals surface area contributed by atoms with Gasteiger partial charge in [-0.2, -0.15) is 0 Å². The molecule has 0 saturated carbocycles. The van der Waals surface area contributed by atoms with Gasteiger partial charge in [0.2, 0.25) is 0 Å². The van der Waals surface area contributed by atoms with Crippen molar-refractivity contribution in [2.75, 3.05) is 24.5 Å². The van der Waals surface area contributed by atoms with Crippen molar-refractivity contribution in [2.45, 2.75) is 18.9 Å². The zero-order valence-corrected chi connectivity index (χ0v) is 11.7. The highest BCUT2D eigenvalue weighted by Gasteiger charge is 2.29. The Morgan fingerprint density at radius 3 is 2.80 bits per heavy atom. The fourth-order valence-electron chi connectivity index (χ4n) is 3.64. The summed E-state index contributed by atoms with van der Waals surface area (Å²) in [5.74, 6) is 0. The molecule has 2 nitrogen and oxygen atoms in total. The van der Waals surface area contributed by atoms with Gasteiger partial charge in [-0.05, 0) is 35.6 Å². The monoisotopic (exact) mass is 264 g/mol. The third-order valence-corrected chi connectivity index (χ3v) is 4.62. The minimum absolute atomic E-state index is 0.683. The number of hydrogen-bond acceptors (Lipinski definition) is 2. The van der Waals surface area contributed by atoms with Gasteiger partial charge in [0, 0.05) is 31.4 Å². The van der Waals surface area contributed by atoms with Gasteiger partial charge in [-0.1, -0.05) is 42.5 Å². The Hall–Kier alpha value is -1.80. The van der Waals surface area contributed by atoms with Crippen LogP contribution in [0.25, 0.3) is 11.1 Å². The second-order valence-corrected chi connectivity index (χ2v) is 5.76. The molecule has 0 amide bonds. The van der Waals surface area contributed by atoms with Crippen LogP contribution in [0.15, 0.2) is 48.5 Å². The molecule has 2 heterocycles. The molecule has 2 heteroatoms. The summed E-state index contributed by atoms with van der Waals surface area (Å²) in [5.41, 5.74) is 5.76. The Labute approximate surface area is 120 Å². The summed E-state index contributed by atoms with van der Waals surface area (Å²) in [6.45, 7) is 3.37. The first kappa shape index (κ1) is 12.0. The van der Waals surface area contributed by atoms with Crippen LogP contribution in [0, 0.1) is 0 Å². The zero-order valence-electron chi connectivity index (χ0n) is 11.7. The van der Waals surface area contributed by atoms with Crippen molar-refractivity contribution in [1.29, 1.82) is 0 Å². The second-order valence-electron chi connectivity index (χ2n) is 5.76. The number of benzene rings is 2. The quantitative estimate of drug-likeness (QED) is 0.851. The Morgan fingerprint density at radius 1 is 1.00 bits per heavy atom. The summed E-state index contributed by atoms with van der Waals surface area (Å²) in [4.78, 5) is 2.61. The maximum atomic E-state index is 3.52. The molecule has 102 valence electrons. The van der Waals surface area contributed by atoms with Gasteiger partial charge in [-0.25, -0.2) is 0 Å². The molecule has 2 aliphatic rings. The van der Waals surface area contributed by atoms with Crippen LogP contribution < -0.4 is 10.2 Å². The molecule has 0 aliphatic carbocycles. The van der Waals surface area contributed by atoms with E-state index in [0.717, 1.165) is 19.6 Å². The Bertz CT molecular complexity index is 606. The van der Waals surface area contributed by atoms with Crippen molar-refractivity contribution in [1.82, 2.24) is 5.32 Å². The number of nitrogens with zero attached hydrogens (tertiary/aromatic N) is 1. The van der Waals surface area contributed by atoms with E-state index < -0.39 is 0 Å². The summed E-state index contributed by atoms with van der Waals surface area (Å²) in [6, 6.07) is 18.3. The van der Waals surface area contributed by atoms with Crippen LogP contribution in [-0.2, 0) is 6.42 Å². The maximum Gasteiger partial charge on any atom is 0.0418 e. The smallest absolute Gasteiger partial charge is 0.0418 e. The first-order chi connectivity index (χ1) is 9.93. The van der Waals surface area contributed by atoms with Crippen LogP contribution in [0.2, 0.25) is 0 Å². The van der Waals surface area contributed by atoms with Gasteiger partial charge in [-0.15, -0.1) is 0 Å². The van der Waals surface area contributed by atoms with E-state index in [1.54, 1.807) is 0 Å². The van der Waals surface area contributed by atoms with Crippen molar-refractivity contribution in [2.24, 2.45) is 0 Å². The van der Waals surface area contributed by atoms with E-state index in [0.29, 0.717) is 6.04 Å². The molecule has 0 aromatic heterocycles. The molecule has 0 bridgehead atoms. The van der Waals surface area contributed by atoms with Gasteiger partial charge >= 0.3 is 0 Å². The summed E-state index contributed by atoms with van der Waals surface area (Å²) < 4.78 is 0. The lowest BCUT2D eigenvalue weighted by atomic mass is 9.88. The molecular formula is C18H20N2. The third kappa shape index (κ3) is 1.92. The molecule has 20 heavy (non-hydrogen) atoms. The van der Waals surface area contributed by atoms with Crippen LogP contribution in [0.4, 0.5) is 5.69 Å². The lowest BCUT2D eigenvalue weighted by Crippen LogP contribution is -2.53. The van der Waals surface area contributed by atoms with E-state index in [4.69, 9.17) is 0 Å². The van der Waals surface area contributed by atoms with Gasteiger partial charge in [0.1, 0.15) is 0 Å². The number of nitrogens with one attached hydrogen (secondary N) is 1. The van der Waals surface area contributed by atoms with Gasteiger partial charge < -0.3 is 10.2 Å². The van der Waals surface area contributed by atoms with Crippen LogP contribution in [-0.4, -0.2) is 25.7 Å². The van der Waals surface area contributed by atoms with Gasteiger partial charge in [0.05, 0.1) is 0 Å². The summed E-state index contributed by atoms with van der Waals surface area (Å²) in [6.07, 6.45) is 2.47. The molecule has 4 rings (SSSR count). The van der Waals surface area contributed by atoms with Gasteiger partial charge in [0.25, 0.3) is 0 Å². The van der Waals surface area contributed by atoms with Crippen molar-refractivity contribution in [3.63, 3.8) is 0 Å². The first-order valence-electron chi connectivity index (χ1n) is 7.58. The van der Waals surface area contributed by atoms with E-state index >= 15 is 0 Å². The Morgan fingerprint density at radius 2 is 1.90 bits per heavy atom. The standard InChI is InChI=1S/C18H20N2/c1-2-5-14(6-3-1)16-7-4-8-18-17(16)10-9-15-13-19-11-12-20(15)18/h1-8,15,19H,9-13H2. The van der Waals surface area contributed by atoms with Crippen LogP contribution in [0.1, 0.15) is 12.0 Å². The average molecular weight is 264 g/mol. The fraction of sp³-hybridized carbons (Fsp3) is 0.333. The molecule has 2 aromatic rings. The summed E-state index contributed by atoms with van der Waals surface area (Å²) >= 11 is 0. The average Bonchev–Trinajstić information content (AvgIpc) is 2.55. The maximum absolute atomic E-state index is 3.52. The molecule has 0 radical (unpaired) electrons. The minimum atomic E-state index is 0.683. The minimum Gasteiger partial charge on any atom is -0.366 e. The van der Waals surface area contributed by atoms with Crippen LogP contribution in [0.5, 0.6) is 0 Å². The van der Waals surface area contributed by atoms with Crippen LogP contribution >= 0.6 is 0 Å². The molecule has 2 aliphatic heterocycles. The van der Waals surface area contributed by atoms with Crippen molar-refractivity contribution in [3.05, 3.63) is 54.1 Å². The van der Waals surface area contributed by atoms with Crippen molar-refractivity contribution in [3.8, 4) is 11.1 Å².